The fraction of sp³-hybridized carbons (Fsp3) is 0.714. The molecule has 0 rings (SSSR count). The number of sulfonamides is 1. The summed E-state index contributed by atoms with van der Waals surface area (Å²) in [4.78, 5) is 10.7. The Balaban J connectivity index is 4.55. The number of Topliss-reactive ketones (excluding diaryl/α,β-unsaturated/α-hetero) is 1. The standard InChI is InChI=1S/C7H12N2O3S/c1-5(4-8)13(11,12)9-6(2)7(3)10/h5-6,9H,1-3H3. The predicted octanol–water partition coefficient (Wildman–Crippen LogP) is -0.205. The van der Waals surface area contributed by atoms with Crippen LogP contribution in [0.2, 0.25) is 0 Å². The first-order valence-corrected chi connectivity index (χ1v) is 5.27. The van der Waals surface area contributed by atoms with Crippen LogP contribution < -0.4 is 4.72 Å². The van der Waals surface area contributed by atoms with Gasteiger partial charge in [-0.25, -0.2) is 13.1 Å². The molecule has 0 fully saturated rings. The average Bonchev–Trinajstić information content (AvgIpc) is 2.01. The number of hydrogen-bond donors (Lipinski definition) is 1. The monoisotopic (exact) mass is 204 g/mol. The second kappa shape index (κ2) is 4.35. The van der Waals surface area contributed by atoms with Crippen LogP contribution in [-0.2, 0) is 14.8 Å². The van der Waals surface area contributed by atoms with E-state index < -0.39 is 21.3 Å². The zero-order chi connectivity index (χ0) is 10.6. The summed E-state index contributed by atoms with van der Waals surface area (Å²) in [7, 11) is -3.69. The lowest BCUT2D eigenvalue weighted by molar-refractivity contribution is -0.118. The largest absolute Gasteiger partial charge is 0.298 e. The van der Waals surface area contributed by atoms with Gasteiger partial charge < -0.3 is 0 Å². The molecule has 1 N–H and O–H groups in total. The molecule has 0 aliphatic carbocycles. The van der Waals surface area contributed by atoms with E-state index in [9.17, 15) is 13.2 Å². The Morgan fingerprint density at radius 3 is 2.23 bits per heavy atom. The van der Waals surface area contributed by atoms with Gasteiger partial charge in [-0.05, 0) is 20.8 Å². The molecule has 0 saturated heterocycles. The van der Waals surface area contributed by atoms with Gasteiger partial charge in [0.05, 0.1) is 12.1 Å². The molecule has 2 atom stereocenters. The van der Waals surface area contributed by atoms with E-state index in [1.54, 1.807) is 6.07 Å². The van der Waals surface area contributed by atoms with Crippen LogP contribution in [0.25, 0.3) is 0 Å². The highest BCUT2D eigenvalue weighted by molar-refractivity contribution is 7.90. The Kier molecular flexibility index (Phi) is 4.04. The molecule has 0 aliphatic heterocycles. The van der Waals surface area contributed by atoms with E-state index in [-0.39, 0.29) is 5.78 Å². The van der Waals surface area contributed by atoms with Crippen molar-refractivity contribution in [2.75, 3.05) is 0 Å². The Morgan fingerprint density at radius 2 is 1.92 bits per heavy atom. The summed E-state index contributed by atoms with van der Waals surface area (Å²) < 4.78 is 24.5. The summed E-state index contributed by atoms with van der Waals surface area (Å²) in [6.07, 6.45) is 0. The molecule has 0 bridgehead atoms. The molecule has 2 unspecified atom stereocenters. The minimum Gasteiger partial charge on any atom is -0.298 e. The van der Waals surface area contributed by atoms with Gasteiger partial charge in [-0.2, -0.15) is 5.26 Å². The van der Waals surface area contributed by atoms with Crippen LogP contribution in [0.3, 0.4) is 0 Å². The van der Waals surface area contributed by atoms with Crippen molar-refractivity contribution in [3.63, 3.8) is 0 Å². The first-order valence-electron chi connectivity index (χ1n) is 3.72. The Bertz CT molecular complexity index is 328. The molecule has 6 heteroatoms. The van der Waals surface area contributed by atoms with Gasteiger partial charge in [0.15, 0.2) is 5.25 Å². The molecule has 0 aliphatic rings. The maximum atomic E-state index is 11.2. The van der Waals surface area contributed by atoms with E-state index >= 15 is 0 Å². The van der Waals surface area contributed by atoms with Gasteiger partial charge in [0, 0.05) is 0 Å². The fourth-order valence-electron chi connectivity index (χ4n) is 0.501. The van der Waals surface area contributed by atoms with Crippen molar-refractivity contribution in [3.8, 4) is 6.07 Å². The van der Waals surface area contributed by atoms with Crippen molar-refractivity contribution in [3.05, 3.63) is 0 Å². The van der Waals surface area contributed by atoms with Gasteiger partial charge in [-0.1, -0.05) is 0 Å². The topological polar surface area (TPSA) is 87.0 Å². The SMILES string of the molecule is CC(=O)C(C)NS(=O)(=O)C(C)C#N. The van der Waals surface area contributed by atoms with Crippen LogP contribution in [-0.4, -0.2) is 25.5 Å². The van der Waals surface area contributed by atoms with Gasteiger partial charge >= 0.3 is 0 Å². The van der Waals surface area contributed by atoms with Crippen LogP contribution in [0.4, 0.5) is 0 Å². The molecule has 74 valence electrons. The minimum absolute atomic E-state index is 0.284. The summed E-state index contributed by atoms with van der Waals surface area (Å²) in [6, 6.07) is 0.811. The van der Waals surface area contributed by atoms with Gasteiger partial charge in [0.2, 0.25) is 10.0 Å². The number of nitriles is 1. The van der Waals surface area contributed by atoms with Gasteiger partial charge in [0.1, 0.15) is 5.78 Å². The molecule has 0 heterocycles. The summed E-state index contributed by atoms with van der Waals surface area (Å²) in [5.74, 6) is -0.284. The van der Waals surface area contributed by atoms with Gasteiger partial charge in [0.25, 0.3) is 0 Å². The summed E-state index contributed by atoms with van der Waals surface area (Å²) in [6.45, 7) is 3.98. The summed E-state index contributed by atoms with van der Waals surface area (Å²) >= 11 is 0. The molecule has 0 spiro atoms. The number of nitrogens with zero attached hydrogens (tertiary/aromatic N) is 1. The number of carbonyl (C=O) groups is 1. The third kappa shape index (κ3) is 3.53. The third-order valence-corrected chi connectivity index (χ3v) is 3.32. The molecule has 0 amide bonds. The van der Waals surface area contributed by atoms with E-state index in [1.165, 1.54) is 20.8 Å². The lowest BCUT2D eigenvalue weighted by Gasteiger charge is -2.11. The van der Waals surface area contributed by atoms with Crippen LogP contribution in [0, 0.1) is 11.3 Å². The van der Waals surface area contributed by atoms with Crippen molar-refractivity contribution < 1.29 is 13.2 Å². The highest BCUT2D eigenvalue weighted by Gasteiger charge is 2.23. The van der Waals surface area contributed by atoms with E-state index in [0.717, 1.165) is 0 Å². The Morgan fingerprint density at radius 1 is 1.46 bits per heavy atom. The van der Waals surface area contributed by atoms with E-state index in [4.69, 9.17) is 5.26 Å². The Labute approximate surface area is 77.8 Å². The molecular weight excluding hydrogens is 192 g/mol. The molecule has 5 nitrogen and oxygen atoms in total. The zero-order valence-corrected chi connectivity index (χ0v) is 8.55. The van der Waals surface area contributed by atoms with Crippen molar-refractivity contribution in [2.45, 2.75) is 32.1 Å². The van der Waals surface area contributed by atoms with E-state index in [0.29, 0.717) is 0 Å². The molecule has 13 heavy (non-hydrogen) atoms. The van der Waals surface area contributed by atoms with Gasteiger partial charge in [-0.3, -0.25) is 4.79 Å². The summed E-state index contributed by atoms with van der Waals surface area (Å²) in [5.41, 5.74) is 0. The van der Waals surface area contributed by atoms with E-state index in [1.807, 2.05) is 0 Å². The average molecular weight is 204 g/mol. The molecule has 0 saturated carbocycles. The third-order valence-electron chi connectivity index (χ3n) is 1.60. The fourth-order valence-corrected chi connectivity index (χ4v) is 1.50. The van der Waals surface area contributed by atoms with Crippen LogP contribution in [0.5, 0.6) is 0 Å². The first kappa shape index (κ1) is 12.1. The first-order chi connectivity index (χ1) is 5.81. The molecule has 0 radical (unpaired) electrons. The number of carbonyl (C=O) groups excluding carboxylic acids is 1. The number of hydrogen-bond acceptors (Lipinski definition) is 4. The zero-order valence-electron chi connectivity index (χ0n) is 7.73. The van der Waals surface area contributed by atoms with Crippen molar-refractivity contribution in [1.82, 2.24) is 4.72 Å². The second-order valence-corrected chi connectivity index (χ2v) is 4.80. The van der Waals surface area contributed by atoms with Gasteiger partial charge in [-0.15, -0.1) is 0 Å². The maximum absolute atomic E-state index is 11.2. The van der Waals surface area contributed by atoms with Crippen LogP contribution in [0.15, 0.2) is 0 Å². The number of nitrogens with one attached hydrogen (secondary N) is 1. The lowest BCUT2D eigenvalue weighted by atomic mass is 10.3. The highest BCUT2D eigenvalue weighted by atomic mass is 32.2. The van der Waals surface area contributed by atoms with E-state index in [2.05, 4.69) is 4.72 Å². The van der Waals surface area contributed by atoms with Crippen molar-refractivity contribution >= 4 is 15.8 Å². The molecule has 0 aromatic carbocycles. The number of rotatable bonds is 4. The molecule has 0 aromatic rings. The summed E-state index contributed by atoms with van der Waals surface area (Å²) in [5, 5.41) is 7.22. The lowest BCUT2D eigenvalue weighted by Crippen LogP contribution is -2.41. The quantitative estimate of drug-likeness (QED) is 0.686. The van der Waals surface area contributed by atoms with Crippen molar-refractivity contribution in [1.29, 1.82) is 5.26 Å². The molecular formula is C7H12N2O3S. The van der Waals surface area contributed by atoms with Crippen LogP contribution >= 0.6 is 0 Å². The van der Waals surface area contributed by atoms with Crippen molar-refractivity contribution in [2.24, 2.45) is 0 Å². The highest BCUT2D eigenvalue weighted by Crippen LogP contribution is 1.98. The smallest absolute Gasteiger partial charge is 0.228 e. The normalized spacial score (nSPS) is 15.8. The Hall–Kier alpha value is -0.930. The number of ketones is 1. The minimum atomic E-state index is -3.69. The second-order valence-electron chi connectivity index (χ2n) is 2.77. The van der Waals surface area contributed by atoms with Crippen LogP contribution in [0.1, 0.15) is 20.8 Å². The predicted molar refractivity (Wildman–Crippen MR) is 47.3 cm³/mol. The molecule has 0 aromatic heterocycles. The maximum Gasteiger partial charge on any atom is 0.228 e.